The van der Waals surface area contributed by atoms with Crippen LogP contribution in [0.25, 0.3) is 6.08 Å². The van der Waals surface area contributed by atoms with Crippen molar-refractivity contribution in [3.05, 3.63) is 114 Å². The maximum atomic E-state index is 12.4. The molecule has 0 heterocycles. The molecule has 0 saturated heterocycles. The van der Waals surface area contributed by atoms with E-state index >= 15 is 0 Å². The third kappa shape index (κ3) is 7.37. The number of benzene rings is 3. The lowest BCUT2D eigenvalue weighted by molar-refractivity contribution is -0.128. The van der Waals surface area contributed by atoms with Crippen LogP contribution in [0, 0.1) is 0 Å². The van der Waals surface area contributed by atoms with Crippen LogP contribution in [0.3, 0.4) is 0 Å². The lowest BCUT2D eigenvalue weighted by atomic mass is 10.2. The van der Waals surface area contributed by atoms with Gasteiger partial charge >= 0.3 is 0 Å². The summed E-state index contributed by atoms with van der Waals surface area (Å²) in [7, 11) is 0. The van der Waals surface area contributed by atoms with Gasteiger partial charge in [-0.15, -0.1) is 0 Å². The number of hydrogen-bond donors (Lipinski definition) is 2. The first-order valence-corrected chi connectivity index (χ1v) is 9.82. The molecule has 0 aromatic heterocycles. The molecule has 0 unspecified atom stereocenters. The summed E-state index contributed by atoms with van der Waals surface area (Å²) in [5.74, 6) is -0.588. The van der Waals surface area contributed by atoms with Crippen molar-refractivity contribution in [2.45, 2.75) is 13.1 Å². The van der Waals surface area contributed by atoms with Gasteiger partial charge in [0.05, 0.1) is 6.54 Å². The molecule has 0 fully saturated rings. The fourth-order valence-corrected chi connectivity index (χ4v) is 2.92. The zero-order chi connectivity index (χ0) is 21.0. The predicted octanol–water partition coefficient (Wildman–Crippen LogP) is 3.55. The van der Waals surface area contributed by atoms with Crippen molar-refractivity contribution in [2.75, 3.05) is 6.54 Å². The molecule has 0 aliphatic heterocycles. The zero-order valence-electron chi connectivity index (χ0n) is 16.7. The molecular formula is C25H25N3O2. The van der Waals surface area contributed by atoms with Gasteiger partial charge in [0.2, 0.25) is 5.91 Å². The van der Waals surface area contributed by atoms with Crippen LogP contribution in [0.1, 0.15) is 16.7 Å². The molecule has 0 radical (unpaired) electrons. The SMILES string of the molecule is O=C(/C=C/c1ccccc1)NCC(=O)NN(Cc1ccccc1)Cc1ccccc1. The summed E-state index contributed by atoms with van der Waals surface area (Å²) >= 11 is 0. The normalized spacial score (nSPS) is 10.8. The van der Waals surface area contributed by atoms with Crippen molar-refractivity contribution < 1.29 is 9.59 Å². The van der Waals surface area contributed by atoms with Crippen LogP contribution in [0.5, 0.6) is 0 Å². The summed E-state index contributed by atoms with van der Waals surface area (Å²) in [5, 5.41) is 4.47. The Kier molecular flexibility index (Phi) is 7.94. The van der Waals surface area contributed by atoms with Gasteiger partial charge in [-0.05, 0) is 22.8 Å². The van der Waals surface area contributed by atoms with Crippen LogP contribution in [-0.4, -0.2) is 23.4 Å². The molecule has 152 valence electrons. The highest BCUT2D eigenvalue weighted by molar-refractivity contribution is 5.94. The average Bonchev–Trinajstić information content (AvgIpc) is 2.78. The number of hydrogen-bond acceptors (Lipinski definition) is 3. The van der Waals surface area contributed by atoms with E-state index in [0.717, 1.165) is 16.7 Å². The van der Waals surface area contributed by atoms with Crippen LogP contribution in [-0.2, 0) is 22.7 Å². The number of carbonyl (C=O) groups excluding carboxylic acids is 2. The first-order chi connectivity index (χ1) is 14.7. The number of nitrogens with zero attached hydrogens (tertiary/aromatic N) is 1. The van der Waals surface area contributed by atoms with Gasteiger partial charge in [-0.1, -0.05) is 91.0 Å². The van der Waals surface area contributed by atoms with E-state index in [2.05, 4.69) is 10.7 Å². The second kappa shape index (κ2) is 11.3. The van der Waals surface area contributed by atoms with Crippen molar-refractivity contribution in [2.24, 2.45) is 0 Å². The van der Waals surface area contributed by atoms with Gasteiger partial charge in [0, 0.05) is 19.2 Å². The van der Waals surface area contributed by atoms with E-state index in [1.54, 1.807) is 6.08 Å². The van der Waals surface area contributed by atoms with Crippen LogP contribution >= 0.6 is 0 Å². The Morgan fingerprint density at radius 2 is 1.23 bits per heavy atom. The highest BCUT2D eigenvalue weighted by Gasteiger charge is 2.11. The standard InChI is InChI=1S/C25H25N3O2/c29-24(17-16-21-10-4-1-5-11-21)26-18-25(30)27-28(19-22-12-6-2-7-13-22)20-23-14-8-3-9-15-23/h1-17H,18-20H2,(H,26,29)(H,27,30)/b17-16+. The Morgan fingerprint density at radius 3 is 1.77 bits per heavy atom. The number of amides is 2. The summed E-state index contributed by atoms with van der Waals surface area (Å²) < 4.78 is 0. The van der Waals surface area contributed by atoms with Crippen LogP contribution in [0.4, 0.5) is 0 Å². The summed E-state index contributed by atoms with van der Waals surface area (Å²) in [4.78, 5) is 24.4. The summed E-state index contributed by atoms with van der Waals surface area (Å²) in [5.41, 5.74) is 6.00. The fraction of sp³-hybridized carbons (Fsp3) is 0.120. The van der Waals surface area contributed by atoms with E-state index in [-0.39, 0.29) is 18.4 Å². The Labute approximate surface area is 177 Å². The van der Waals surface area contributed by atoms with Crippen molar-refractivity contribution >= 4 is 17.9 Å². The molecular weight excluding hydrogens is 374 g/mol. The quantitative estimate of drug-likeness (QED) is 0.427. The van der Waals surface area contributed by atoms with Gasteiger partial charge in [-0.3, -0.25) is 15.0 Å². The van der Waals surface area contributed by atoms with E-state index < -0.39 is 0 Å². The molecule has 0 spiro atoms. The van der Waals surface area contributed by atoms with Crippen LogP contribution in [0.15, 0.2) is 97.1 Å². The lowest BCUT2D eigenvalue weighted by Crippen LogP contribution is -2.45. The van der Waals surface area contributed by atoms with Gasteiger partial charge in [0.25, 0.3) is 5.91 Å². The molecule has 5 nitrogen and oxygen atoms in total. The van der Waals surface area contributed by atoms with Crippen molar-refractivity contribution in [3.63, 3.8) is 0 Å². The minimum Gasteiger partial charge on any atom is -0.343 e. The third-order valence-corrected chi connectivity index (χ3v) is 4.37. The molecule has 2 N–H and O–H groups in total. The molecule has 0 aliphatic carbocycles. The highest BCUT2D eigenvalue weighted by atomic mass is 16.2. The molecule has 3 rings (SSSR count). The molecule has 3 aromatic carbocycles. The smallest absolute Gasteiger partial charge is 0.253 e. The van der Waals surface area contributed by atoms with Crippen LogP contribution in [0.2, 0.25) is 0 Å². The Hall–Kier alpha value is -3.70. The van der Waals surface area contributed by atoms with Crippen molar-refractivity contribution in [1.29, 1.82) is 0 Å². The van der Waals surface area contributed by atoms with Gasteiger partial charge < -0.3 is 5.32 Å². The second-order valence-corrected chi connectivity index (χ2v) is 6.82. The average molecular weight is 399 g/mol. The fourth-order valence-electron chi connectivity index (χ4n) is 2.92. The molecule has 3 aromatic rings. The van der Waals surface area contributed by atoms with E-state index in [1.807, 2.05) is 96.0 Å². The number of hydrazine groups is 1. The third-order valence-electron chi connectivity index (χ3n) is 4.37. The first-order valence-electron chi connectivity index (χ1n) is 9.82. The summed E-state index contributed by atoms with van der Waals surface area (Å²) in [6.45, 7) is 1.02. The van der Waals surface area contributed by atoms with Crippen molar-refractivity contribution in [3.8, 4) is 0 Å². The van der Waals surface area contributed by atoms with Crippen molar-refractivity contribution in [1.82, 2.24) is 15.8 Å². The summed E-state index contributed by atoms with van der Waals surface area (Å²) in [6.07, 6.45) is 3.14. The monoisotopic (exact) mass is 399 g/mol. The summed E-state index contributed by atoms with van der Waals surface area (Å²) in [6, 6.07) is 29.4. The first kappa shape index (κ1) is 21.0. The molecule has 0 saturated carbocycles. The maximum Gasteiger partial charge on any atom is 0.253 e. The van der Waals surface area contributed by atoms with Gasteiger partial charge in [-0.25, -0.2) is 5.01 Å². The molecule has 0 atom stereocenters. The Balaban J connectivity index is 1.54. The Bertz CT molecular complexity index is 916. The van der Waals surface area contributed by atoms with E-state index in [1.165, 1.54) is 6.08 Å². The maximum absolute atomic E-state index is 12.4. The topological polar surface area (TPSA) is 61.4 Å². The number of nitrogens with one attached hydrogen (secondary N) is 2. The number of carbonyl (C=O) groups is 2. The van der Waals surface area contributed by atoms with Gasteiger partial charge in [0.1, 0.15) is 0 Å². The molecule has 5 heteroatoms. The van der Waals surface area contributed by atoms with Gasteiger partial charge in [0.15, 0.2) is 0 Å². The van der Waals surface area contributed by atoms with Gasteiger partial charge in [-0.2, -0.15) is 0 Å². The lowest BCUT2D eigenvalue weighted by Gasteiger charge is -2.23. The van der Waals surface area contributed by atoms with E-state index in [9.17, 15) is 9.59 Å². The largest absolute Gasteiger partial charge is 0.343 e. The minimum atomic E-state index is -0.313. The highest BCUT2D eigenvalue weighted by Crippen LogP contribution is 2.08. The predicted molar refractivity (Wildman–Crippen MR) is 119 cm³/mol. The molecule has 30 heavy (non-hydrogen) atoms. The zero-order valence-corrected chi connectivity index (χ0v) is 16.7. The van der Waals surface area contributed by atoms with E-state index in [4.69, 9.17) is 0 Å². The molecule has 0 bridgehead atoms. The Morgan fingerprint density at radius 1 is 0.733 bits per heavy atom. The number of rotatable bonds is 9. The molecule has 0 aliphatic rings. The van der Waals surface area contributed by atoms with Crippen LogP contribution < -0.4 is 10.7 Å². The molecule has 2 amide bonds. The van der Waals surface area contributed by atoms with E-state index in [0.29, 0.717) is 13.1 Å². The minimum absolute atomic E-state index is 0.0992. The second-order valence-electron chi connectivity index (χ2n) is 6.82.